The Bertz CT molecular complexity index is 255. The van der Waals surface area contributed by atoms with Crippen LogP contribution < -0.4 is 5.73 Å². The van der Waals surface area contributed by atoms with Crippen LogP contribution in [0.5, 0.6) is 0 Å². The van der Waals surface area contributed by atoms with Crippen molar-refractivity contribution in [2.75, 3.05) is 13.7 Å². The third kappa shape index (κ3) is 2.95. The standard InChI is InChI=1S/C12H23NO3/c1-11(2,15)6-7-12(8-13,9-4-5-9)10(14)16-3/h9,15H,4-8,13H2,1-3H3. The van der Waals surface area contributed by atoms with Crippen LogP contribution >= 0.6 is 0 Å². The van der Waals surface area contributed by atoms with Gasteiger partial charge in [0.05, 0.1) is 18.1 Å². The summed E-state index contributed by atoms with van der Waals surface area (Å²) < 4.78 is 4.87. The van der Waals surface area contributed by atoms with E-state index in [-0.39, 0.29) is 5.97 Å². The molecular weight excluding hydrogens is 206 g/mol. The van der Waals surface area contributed by atoms with E-state index in [0.717, 1.165) is 12.8 Å². The smallest absolute Gasteiger partial charge is 0.313 e. The summed E-state index contributed by atoms with van der Waals surface area (Å²) in [6.07, 6.45) is 3.25. The Hall–Kier alpha value is -0.610. The van der Waals surface area contributed by atoms with Gasteiger partial charge in [-0.15, -0.1) is 0 Å². The van der Waals surface area contributed by atoms with Crippen molar-refractivity contribution >= 4 is 5.97 Å². The van der Waals surface area contributed by atoms with Crippen LogP contribution in [0.3, 0.4) is 0 Å². The fourth-order valence-electron chi connectivity index (χ4n) is 2.19. The molecular formula is C12H23NO3. The maximum Gasteiger partial charge on any atom is 0.313 e. The largest absolute Gasteiger partial charge is 0.469 e. The second-order valence-electron chi connectivity index (χ2n) is 5.44. The highest BCUT2D eigenvalue weighted by Gasteiger charge is 2.50. The van der Waals surface area contributed by atoms with E-state index in [0.29, 0.717) is 25.3 Å². The van der Waals surface area contributed by atoms with E-state index in [1.54, 1.807) is 13.8 Å². The molecule has 0 aromatic carbocycles. The fourth-order valence-corrected chi connectivity index (χ4v) is 2.19. The molecule has 0 saturated heterocycles. The van der Waals surface area contributed by atoms with Crippen molar-refractivity contribution in [1.82, 2.24) is 0 Å². The number of esters is 1. The van der Waals surface area contributed by atoms with Gasteiger partial charge in [-0.25, -0.2) is 0 Å². The molecule has 1 atom stereocenters. The minimum Gasteiger partial charge on any atom is -0.469 e. The Kier molecular flexibility index (Phi) is 3.97. The van der Waals surface area contributed by atoms with E-state index in [9.17, 15) is 9.90 Å². The summed E-state index contributed by atoms with van der Waals surface area (Å²) in [4.78, 5) is 11.9. The van der Waals surface area contributed by atoms with Crippen molar-refractivity contribution in [1.29, 1.82) is 0 Å². The molecule has 1 rings (SSSR count). The highest BCUT2D eigenvalue weighted by atomic mass is 16.5. The first kappa shape index (κ1) is 13.5. The van der Waals surface area contributed by atoms with Crippen molar-refractivity contribution < 1.29 is 14.6 Å². The summed E-state index contributed by atoms with van der Waals surface area (Å²) >= 11 is 0. The van der Waals surface area contributed by atoms with Crippen LogP contribution in [0, 0.1) is 11.3 Å². The monoisotopic (exact) mass is 229 g/mol. The van der Waals surface area contributed by atoms with Gasteiger partial charge in [-0.05, 0) is 45.4 Å². The van der Waals surface area contributed by atoms with E-state index < -0.39 is 11.0 Å². The molecule has 94 valence electrons. The zero-order valence-electron chi connectivity index (χ0n) is 10.5. The first-order chi connectivity index (χ1) is 7.35. The van der Waals surface area contributed by atoms with Gasteiger partial charge in [0.1, 0.15) is 0 Å². The number of methoxy groups -OCH3 is 1. The van der Waals surface area contributed by atoms with Crippen molar-refractivity contribution in [3.8, 4) is 0 Å². The third-order valence-electron chi connectivity index (χ3n) is 3.50. The van der Waals surface area contributed by atoms with Gasteiger partial charge in [0, 0.05) is 6.54 Å². The molecule has 4 nitrogen and oxygen atoms in total. The summed E-state index contributed by atoms with van der Waals surface area (Å²) in [6, 6.07) is 0. The van der Waals surface area contributed by atoms with Crippen LogP contribution in [0.15, 0.2) is 0 Å². The third-order valence-corrected chi connectivity index (χ3v) is 3.50. The summed E-state index contributed by atoms with van der Waals surface area (Å²) in [5.74, 6) is 0.119. The van der Waals surface area contributed by atoms with Crippen LogP contribution in [-0.2, 0) is 9.53 Å². The van der Waals surface area contributed by atoms with Crippen molar-refractivity contribution in [3.63, 3.8) is 0 Å². The minimum atomic E-state index is -0.761. The van der Waals surface area contributed by atoms with Gasteiger partial charge in [-0.3, -0.25) is 4.79 Å². The lowest BCUT2D eigenvalue weighted by molar-refractivity contribution is -0.154. The molecule has 0 aromatic rings. The lowest BCUT2D eigenvalue weighted by Crippen LogP contribution is -2.43. The van der Waals surface area contributed by atoms with Crippen molar-refractivity contribution in [2.24, 2.45) is 17.1 Å². The number of hydrogen-bond donors (Lipinski definition) is 2. The maximum absolute atomic E-state index is 11.9. The molecule has 1 aliphatic rings. The molecule has 0 spiro atoms. The van der Waals surface area contributed by atoms with E-state index >= 15 is 0 Å². The molecule has 0 bridgehead atoms. The normalized spacial score (nSPS) is 20.3. The summed E-state index contributed by atoms with van der Waals surface area (Å²) in [5, 5.41) is 9.74. The molecule has 0 radical (unpaired) electrons. The molecule has 0 amide bonds. The number of carbonyl (C=O) groups is 1. The minimum absolute atomic E-state index is 0.221. The molecule has 1 unspecified atom stereocenters. The van der Waals surface area contributed by atoms with Crippen molar-refractivity contribution in [2.45, 2.75) is 45.1 Å². The summed E-state index contributed by atoms with van der Waals surface area (Å²) in [5.41, 5.74) is 4.44. The van der Waals surface area contributed by atoms with E-state index in [4.69, 9.17) is 10.5 Å². The number of rotatable bonds is 6. The zero-order valence-corrected chi connectivity index (χ0v) is 10.5. The van der Waals surface area contributed by atoms with Crippen LogP contribution in [0.25, 0.3) is 0 Å². The van der Waals surface area contributed by atoms with Gasteiger partial charge < -0.3 is 15.6 Å². The van der Waals surface area contributed by atoms with Crippen molar-refractivity contribution in [3.05, 3.63) is 0 Å². The van der Waals surface area contributed by atoms with Crippen LogP contribution in [0.2, 0.25) is 0 Å². The summed E-state index contributed by atoms with van der Waals surface area (Å²) in [6.45, 7) is 3.80. The number of ether oxygens (including phenoxy) is 1. The number of hydrogen-bond acceptors (Lipinski definition) is 4. The highest BCUT2D eigenvalue weighted by molar-refractivity contribution is 5.78. The van der Waals surface area contributed by atoms with Gasteiger partial charge in [-0.1, -0.05) is 0 Å². The zero-order chi connectivity index (χ0) is 12.4. The van der Waals surface area contributed by atoms with Gasteiger partial charge in [0.25, 0.3) is 0 Å². The van der Waals surface area contributed by atoms with Gasteiger partial charge in [-0.2, -0.15) is 0 Å². The molecule has 1 aliphatic carbocycles. The van der Waals surface area contributed by atoms with Crippen LogP contribution in [0.1, 0.15) is 39.5 Å². The quantitative estimate of drug-likeness (QED) is 0.668. The van der Waals surface area contributed by atoms with E-state index in [2.05, 4.69) is 0 Å². The average Bonchev–Trinajstić information content (AvgIpc) is 3.01. The Balaban J connectivity index is 2.73. The maximum atomic E-state index is 11.9. The predicted molar refractivity (Wildman–Crippen MR) is 61.8 cm³/mol. The number of nitrogens with two attached hydrogens (primary N) is 1. The lowest BCUT2D eigenvalue weighted by Gasteiger charge is -2.32. The lowest BCUT2D eigenvalue weighted by atomic mass is 9.76. The molecule has 0 heterocycles. The topological polar surface area (TPSA) is 72.5 Å². The first-order valence-corrected chi connectivity index (χ1v) is 5.86. The van der Waals surface area contributed by atoms with E-state index in [1.165, 1.54) is 7.11 Å². The summed E-state index contributed by atoms with van der Waals surface area (Å²) in [7, 11) is 1.40. The second kappa shape index (κ2) is 4.72. The fraction of sp³-hybridized carbons (Fsp3) is 0.917. The Morgan fingerprint density at radius 2 is 2.00 bits per heavy atom. The Labute approximate surface area is 97.2 Å². The SMILES string of the molecule is COC(=O)C(CN)(CCC(C)(C)O)C1CC1. The molecule has 16 heavy (non-hydrogen) atoms. The first-order valence-electron chi connectivity index (χ1n) is 5.86. The number of aliphatic hydroxyl groups is 1. The van der Waals surface area contributed by atoms with Gasteiger partial charge >= 0.3 is 5.97 Å². The molecule has 0 aliphatic heterocycles. The van der Waals surface area contributed by atoms with E-state index in [1.807, 2.05) is 0 Å². The van der Waals surface area contributed by atoms with Gasteiger partial charge in [0.15, 0.2) is 0 Å². The highest BCUT2D eigenvalue weighted by Crippen LogP contribution is 2.49. The molecule has 1 saturated carbocycles. The predicted octanol–water partition coefficient (Wildman–Crippen LogP) is 1.07. The molecule has 3 N–H and O–H groups in total. The molecule has 0 aromatic heterocycles. The molecule has 4 heteroatoms. The van der Waals surface area contributed by atoms with Gasteiger partial charge in [0.2, 0.25) is 0 Å². The van der Waals surface area contributed by atoms with Crippen LogP contribution in [-0.4, -0.2) is 30.3 Å². The second-order valence-corrected chi connectivity index (χ2v) is 5.44. The molecule has 1 fully saturated rings. The Morgan fingerprint density at radius 3 is 2.31 bits per heavy atom. The Morgan fingerprint density at radius 1 is 1.44 bits per heavy atom. The van der Waals surface area contributed by atoms with Crippen LogP contribution in [0.4, 0.5) is 0 Å². The number of carbonyl (C=O) groups excluding carboxylic acids is 1. The average molecular weight is 229 g/mol.